The van der Waals surface area contributed by atoms with Crippen molar-refractivity contribution in [1.82, 2.24) is 0 Å². The van der Waals surface area contributed by atoms with Crippen molar-refractivity contribution in [3.8, 4) is 11.1 Å². The third-order valence-corrected chi connectivity index (χ3v) is 7.58. The van der Waals surface area contributed by atoms with E-state index in [1.165, 1.54) is 21.9 Å². The van der Waals surface area contributed by atoms with E-state index < -0.39 is 0 Å². The topological polar surface area (TPSA) is 6.48 Å². The number of hydrogen-bond acceptors (Lipinski definition) is 2. The van der Waals surface area contributed by atoms with Crippen molar-refractivity contribution in [3.63, 3.8) is 0 Å². The van der Waals surface area contributed by atoms with Gasteiger partial charge in [-0.15, -0.1) is 0 Å². The summed E-state index contributed by atoms with van der Waals surface area (Å²) in [6, 6.07) is 64.5. The van der Waals surface area contributed by atoms with Gasteiger partial charge in [-0.1, -0.05) is 109 Å². The molecule has 7 aromatic carbocycles. The summed E-state index contributed by atoms with van der Waals surface area (Å²) in [5.41, 5.74) is 9.12. The molecular formula is C40H30N2. The van der Waals surface area contributed by atoms with Gasteiger partial charge in [0.05, 0.1) is 0 Å². The Kier molecular flexibility index (Phi) is 6.94. The maximum absolute atomic E-state index is 2.33. The largest absolute Gasteiger partial charge is 0.310 e. The Balaban J connectivity index is 1.46. The maximum atomic E-state index is 2.33. The summed E-state index contributed by atoms with van der Waals surface area (Å²) < 4.78 is 0. The normalized spacial score (nSPS) is 10.9. The van der Waals surface area contributed by atoms with E-state index in [-0.39, 0.29) is 0 Å². The first kappa shape index (κ1) is 25.4. The first-order valence-corrected chi connectivity index (χ1v) is 14.3. The molecule has 42 heavy (non-hydrogen) atoms. The zero-order chi connectivity index (χ0) is 28.1. The van der Waals surface area contributed by atoms with Gasteiger partial charge in [0.25, 0.3) is 0 Å². The van der Waals surface area contributed by atoms with Crippen LogP contribution in [0, 0.1) is 0 Å². The Hall–Kier alpha value is -5.60. The average Bonchev–Trinajstić information content (AvgIpc) is 3.07. The fourth-order valence-electron chi connectivity index (χ4n) is 5.66. The van der Waals surface area contributed by atoms with Crippen molar-refractivity contribution in [2.75, 3.05) is 9.80 Å². The van der Waals surface area contributed by atoms with Crippen LogP contribution in [0.1, 0.15) is 0 Å². The number of rotatable bonds is 7. The number of fused-ring (bicyclic) bond motifs is 1. The lowest BCUT2D eigenvalue weighted by Crippen LogP contribution is -2.11. The molecule has 0 heterocycles. The van der Waals surface area contributed by atoms with Crippen molar-refractivity contribution >= 4 is 44.9 Å². The SMILES string of the molecule is c1ccc(-c2cc(N(c3ccccc3)c3ccccc3)cc3ccc(N(c4ccccc4)c4ccccc4)cc23)cc1. The minimum absolute atomic E-state index is 1.12. The van der Waals surface area contributed by atoms with Crippen LogP contribution in [0.4, 0.5) is 34.1 Å². The third kappa shape index (κ3) is 5.02. The van der Waals surface area contributed by atoms with E-state index >= 15 is 0 Å². The summed E-state index contributed by atoms with van der Waals surface area (Å²) >= 11 is 0. The Bertz CT molecular complexity index is 1820. The van der Waals surface area contributed by atoms with Crippen LogP contribution in [-0.2, 0) is 0 Å². The monoisotopic (exact) mass is 538 g/mol. The lowest BCUT2D eigenvalue weighted by atomic mass is 9.96. The molecule has 0 bridgehead atoms. The summed E-state index contributed by atoms with van der Waals surface area (Å²) in [5, 5.41) is 2.40. The second kappa shape index (κ2) is 11.5. The van der Waals surface area contributed by atoms with Crippen LogP contribution in [0.15, 0.2) is 182 Å². The van der Waals surface area contributed by atoms with Gasteiger partial charge in [-0.05, 0) is 94.7 Å². The maximum Gasteiger partial charge on any atom is 0.0474 e. The molecule has 0 saturated carbocycles. The second-order valence-corrected chi connectivity index (χ2v) is 10.3. The summed E-state index contributed by atoms with van der Waals surface area (Å²) in [4.78, 5) is 4.66. The van der Waals surface area contributed by atoms with Gasteiger partial charge in [-0.3, -0.25) is 0 Å². The van der Waals surface area contributed by atoms with E-state index in [0.717, 1.165) is 34.1 Å². The molecule has 0 saturated heterocycles. The molecule has 0 amide bonds. The predicted molar refractivity (Wildman–Crippen MR) is 179 cm³/mol. The average molecular weight is 539 g/mol. The molecule has 0 N–H and O–H groups in total. The summed E-state index contributed by atoms with van der Waals surface area (Å²) in [7, 11) is 0. The predicted octanol–water partition coefficient (Wildman–Crippen LogP) is 11.4. The number of anilines is 6. The minimum atomic E-state index is 1.12. The third-order valence-electron chi connectivity index (χ3n) is 7.58. The van der Waals surface area contributed by atoms with Crippen molar-refractivity contribution in [3.05, 3.63) is 182 Å². The Morgan fingerprint density at radius 2 is 0.690 bits per heavy atom. The Morgan fingerprint density at radius 1 is 0.286 bits per heavy atom. The minimum Gasteiger partial charge on any atom is -0.310 e. The van der Waals surface area contributed by atoms with Crippen LogP contribution in [0.3, 0.4) is 0 Å². The van der Waals surface area contributed by atoms with Crippen LogP contribution in [0.2, 0.25) is 0 Å². The molecule has 0 radical (unpaired) electrons. The molecule has 0 unspecified atom stereocenters. The summed E-state index contributed by atoms with van der Waals surface area (Å²) in [6.07, 6.45) is 0. The first-order chi connectivity index (χ1) is 20.8. The molecule has 2 heteroatoms. The van der Waals surface area contributed by atoms with Gasteiger partial charge in [0, 0.05) is 34.1 Å². The molecule has 7 aromatic rings. The first-order valence-electron chi connectivity index (χ1n) is 14.3. The Morgan fingerprint density at radius 3 is 1.14 bits per heavy atom. The van der Waals surface area contributed by atoms with E-state index in [2.05, 4.69) is 192 Å². The fourth-order valence-corrected chi connectivity index (χ4v) is 5.66. The number of para-hydroxylation sites is 4. The fraction of sp³-hybridized carbons (Fsp3) is 0. The van der Waals surface area contributed by atoms with Crippen LogP contribution in [-0.4, -0.2) is 0 Å². The van der Waals surface area contributed by atoms with E-state index in [9.17, 15) is 0 Å². The van der Waals surface area contributed by atoms with Gasteiger partial charge in [0.15, 0.2) is 0 Å². The van der Waals surface area contributed by atoms with E-state index in [4.69, 9.17) is 0 Å². The van der Waals surface area contributed by atoms with Crippen molar-refractivity contribution in [1.29, 1.82) is 0 Å². The van der Waals surface area contributed by atoms with Crippen molar-refractivity contribution < 1.29 is 0 Å². The molecular weight excluding hydrogens is 508 g/mol. The van der Waals surface area contributed by atoms with Crippen LogP contribution in [0.25, 0.3) is 21.9 Å². The molecule has 0 aromatic heterocycles. The molecule has 0 spiro atoms. The molecule has 0 atom stereocenters. The van der Waals surface area contributed by atoms with E-state index in [1.807, 2.05) is 0 Å². The molecule has 0 aliphatic rings. The number of nitrogens with zero attached hydrogens (tertiary/aromatic N) is 2. The lowest BCUT2D eigenvalue weighted by molar-refractivity contribution is 1.28. The molecule has 0 fully saturated rings. The number of benzene rings is 7. The van der Waals surface area contributed by atoms with Gasteiger partial charge >= 0.3 is 0 Å². The molecule has 2 nitrogen and oxygen atoms in total. The number of hydrogen-bond donors (Lipinski definition) is 0. The van der Waals surface area contributed by atoms with E-state index in [0.29, 0.717) is 0 Å². The van der Waals surface area contributed by atoms with Gasteiger partial charge in [-0.25, -0.2) is 0 Å². The highest BCUT2D eigenvalue weighted by Gasteiger charge is 2.18. The van der Waals surface area contributed by atoms with Gasteiger partial charge < -0.3 is 9.80 Å². The van der Waals surface area contributed by atoms with Crippen molar-refractivity contribution in [2.45, 2.75) is 0 Å². The van der Waals surface area contributed by atoms with Gasteiger partial charge in [0.2, 0.25) is 0 Å². The highest BCUT2D eigenvalue weighted by Crippen LogP contribution is 2.42. The lowest BCUT2D eigenvalue weighted by Gasteiger charge is -2.28. The van der Waals surface area contributed by atoms with Gasteiger partial charge in [0.1, 0.15) is 0 Å². The van der Waals surface area contributed by atoms with Crippen LogP contribution in [0.5, 0.6) is 0 Å². The highest BCUT2D eigenvalue weighted by atomic mass is 15.1. The highest BCUT2D eigenvalue weighted by molar-refractivity contribution is 6.03. The quantitative estimate of drug-likeness (QED) is 0.199. The van der Waals surface area contributed by atoms with E-state index in [1.54, 1.807) is 0 Å². The van der Waals surface area contributed by atoms with Crippen LogP contribution < -0.4 is 9.80 Å². The van der Waals surface area contributed by atoms with Crippen molar-refractivity contribution in [2.24, 2.45) is 0 Å². The zero-order valence-corrected chi connectivity index (χ0v) is 23.2. The smallest absolute Gasteiger partial charge is 0.0474 e. The molecule has 0 aliphatic carbocycles. The van der Waals surface area contributed by atoms with Crippen LogP contribution >= 0.6 is 0 Å². The van der Waals surface area contributed by atoms with Gasteiger partial charge in [-0.2, -0.15) is 0 Å². The second-order valence-electron chi connectivity index (χ2n) is 10.3. The molecule has 7 rings (SSSR count). The molecule has 0 aliphatic heterocycles. The summed E-state index contributed by atoms with van der Waals surface area (Å²) in [6.45, 7) is 0. The summed E-state index contributed by atoms with van der Waals surface area (Å²) in [5.74, 6) is 0. The zero-order valence-electron chi connectivity index (χ0n) is 23.2. The molecule has 200 valence electrons. The Labute approximate surface area is 247 Å². The standard InChI is InChI=1S/C40H30N2/c1-6-16-31(17-7-1)39-30-38(42(35-22-12-4-13-23-35)36-24-14-5-15-25-36)28-32-26-27-37(29-40(32)39)41(33-18-8-2-9-19-33)34-20-10-3-11-21-34/h1-30H.